The lowest BCUT2D eigenvalue weighted by Crippen LogP contribution is -2.55. The van der Waals surface area contributed by atoms with E-state index in [2.05, 4.69) is 0 Å². The number of fused-ring (bicyclic) bond motifs is 2. The summed E-state index contributed by atoms with van der Waals surface area (Å²) in [6, 6.07) is 18.6. The summed E-state index contributed by atoms with van der Waals surface area (Å²) < 4.78 is 20.8. The number of carbonyl (C=O) groups excluding carboxylic acids is 3. The van der Waals surface area contributed by atoms with Crippen LogP contribution in [0.4, 0.5) is 0 Å². The molecule has 0 amide bonds. The van der Waals surface area contributed by atoms with Gasteiger partial charge in [0.1, 0.15) is 11.7 Å². The number of ether oxygens (including phenoxy) is 4. The van der Waals surface area contributed by atoms with Gasteiger partial charge in [-0.15, -0.1) is 0 Å². The fourth-order valence-electron chi connectivity index (χ4n) is 5.17. The van der Waals surface area contributed by atoms with Crippen molar-refractivity contribution in [3.8, 4) is 5.75 Å². The molecule has 1 aliphatic rings. The van der Waals surface area contributed by atoms with Crippen LogP contribution in [-0.4, -0.2) is 46.3 Å². The zero-order valence-corrected chi connectivity index (χ0v) is 19.5. The summed E-state index contributed by atoms with van der Waals surface area (Å²) >= 11 is 0. The zero-order valence-electron chi connectivity index (χ0n) is 19.5. The molecule has 0 N–H and O–H groups in total. The van der Waals surface area contributed by atoms with Crippen molar-refractivity contribution in [2.45, 2.75) is 18.3 Å². The SMILES string of the molecule is COC(=O)[C@@H]1c2cc3ccccc3cc2C[C@@H](c2ccc(OC)cc2)C1(C(=O)OC)C(=O)OC. The van der Waals surface area contributed by atoms with Gasteiger partial charge in [0.25, 0.3) is 0 Å². The molecule has 1 aliphatic carbocycles. The number of rotatable bonds is 5. The fourth-order valence-corrected chi connectivity index (χ4v) is 5.17. The molecule has 3 aromatic carbocycles. The summed E-state index contributed by atoms with van der Waals surface area (Å²) in [7, 11) is 5.18. The first-order valence-electron chi connectivity index (χ1n) is 10.8. The van der Waals surface area contributed by atoms with E-state index in [1.807, 2.05) is 36.4 Å². The van der Waals surface area contributed by atoms with E-state index < -0.39 is 35.2 Å². The molecule has 4 rings (SSSR count). The maximum absolute atomic E-state index is 13.5. The first-order valence-corrected chi connectivity index (χ1v) is 10.8. The van der Waals surface area contributed by atoms with E-state index in [0.717, 1.165) is 16.3 Å². The molecule has 34 heavy (non-hydrogen) atoms. The molecule has 7 heteroatoms. The summed E-state index contributed by atoms with van der Waals surface area (Å²) in [6.45, 7) is 0. The van der Waals surface area contributed by atoms with Crippen LogP contribution in [-0.2, 0) is 35.0 Å². The minimum Gasteiger partial charge on any atom is -0.497 e. The molecule has 0 radical (unpaired) electrons. The molecular formula is C27H26O7. The quantitative estimate of drug-likeness (QED) is 0.324. The normalized spacial score (nSPS) is 18.5. The monoisotopic (exact) mass is 462 g/mol. The van der Waals surface area contributed by atoms with Crippen molar-refractivity contribution in [2.75, 3.05) is 28.4 Å². The Kier molecular flexibility index (Phi) is 6.28. The third kappa shape index (κ3) is 3.48. The minimum atomic E-state index is -1.99. The van der Waals surface area contributed by atoms with E-state index in [9.17, 15) is 14.4 Å². The number of hydrogen-bond donors (Lipinski definition) is 0. The lowest BCUT2D eigenvalue weighted by Gasteiger charge is -2.44. The molecule has 0 spiro atoms. The highest BCUT2D eigenvalue weighted by atomic mass is 16.6. The van der Waals surface area contributed by atoms with Gasteiger partial charge in [-0.2, -0.15) is 0 Å². The second kappa shape index (κ2) is 9.17. The summed E-state index contributed by atoms with van der Waals surface area (Å²) in [5, 5.41) is 1.86. The highest BCUT2D eigenvalue weighted by molar-refractivity contribution is 6.08. The molecule has 3 aromatic rings. The van der Waals surface area contributed by atoms with Gasteiger partial charge in [-0.05, 0) is 52.1 Å². The van der Waals surface area contributed by atoms with Gasteiger partial charge in [0.15, 0.2) is 5.41 Å². The van der Waals surface area contributed by atoms with Gasteiger partial charge in [-0.3, -0.25) is 14.4 Å². The predicted octanol–water partition coefficient (Wildman–Crippen LogP) is 3.78. The van der Waals surface area contributed by atoms with E-state index in [1.54, 1.807) is 31.4 Å². The molecule has 7 nitrogen and oxygen atoms in total. The average molecular weight is 462 g/mol. The molecule has 0 saturated carbocycles. The maximum atomic E-state index is 13.5. The molecule has 0 saturated heterocycles. The Morgan fingerprint density at radius 2 is 1.38 bits per heavy atom. The first kappa shape index (κ1) is 23.3. The van der Waals surface area contributed by atoms with Crippen molar-refractivity contribution in [1.82, 2.24) is 0 Å². The highest BCUT2D eigenvalue weighted by Gasteiger charge is 2.65. The third-order valence-electron chi connectivity index (χ3n) is 6.75. The zero-order chi connectivity index (χ0) is 24.5. The van der Waals surface area contributed by atoms with Gasteiger partial charge in [-0.25, -0.2) is 0 Å². The Bertz CT molecular complexity index is 1230. The molecule has 0 aromatic heterocycles. The van der Waals surface area contributed by atoms with Crippen molar-refractivity contribution in [1.29, 1.82) is 0 Å². The van der Waals surface area contributed by atoms with Crippen LogP contribution in [0.2, 0.25) is 0 Å². The minimum absolute atomic E-state index is 0.310. The topological polar surface area (TPSA) is 88.1 Å². The summed E-state index contributed by atoms with van der Waals surface area (Å²) in [6.07, 6.45) is 0.310. The van der Waals surface area contributed by atoms with Crippen LogP contribution in [0.1, 0.15) is 28.5 Å². The summed E-state index contributed by atoms with van der Waals surface area (Å²) in [5.41, 5.74) is 0.0782. The van der Waals surface area contributed by atoms with Gasteiger partial charge >= 0.3 is 17.9 Å². The van der Waals surface area contributed by atoms with Crippen LogP contribution >= 0.6 is 0 Å². The lowest BCUT2D eigenvalue weighted by atomic mass is 9.56. The van der Waals surface area contributed by atoms with Gasteiger partial charge in [0.2, 0.25) is 0 Å². The number of benzene rings is 3. The van der Waals surface area contributed by atoms with Crippen molar-refractivity contribution in [2.24, 2.45) is 5.41 Å². The number of hydrogen-bond acceptors (Lipinski definition) is 7. The predicted molar refractivity (Wildman–Crippen MR) is 125 cm³/mol. The van der Waals surface area contributed by atoms with E-state index >= 15 is 0 Å². The summed E-state index contributed by atoms with van der Waals surface area (Å²) in [5.74, 6) is -3.82. The average Bonchev–Trinajstić information content (AvgIpc) is 2.89. The molecule has 0 fully saturated rings. The van der Waals surface area contributed by atoms with Crippen molar-refractivity contribution >= 4 is 28.7 Å². The van der Waals surface area contributed by atoms with Crippen molar-refractivity contribution in [3.05, 3.63) is 77.4 Å². The van der Waals surface area contributed by atoms with Crippen LogP contribution in [0.5, 0.6) is 5.75 Å². The second-order valence-electron chi connectivity index (χ2n) is 8.24. The number of carbonyl (C=O) groups is 3. The molecular weight excluding hydrogens is 436 g/mol. The van der Waals surface area contributed by atoms with E-state index in [4.69, 9.17) is 18.9 Å². The van der Waals surface area contributed by atoms with Gasteiger partial charge in [0, 0.05) is 5.92 Å². The Labute approximate surface area is 197 Å². The molecule has 176 valence electrons. The second-order valence-corrected chi connectivity index (χ2v) is 8.24. The van der Waals surface area contributed by atoms with Crippen molar-refractivity contribution in [3.63, 3.8) is 0 Å². The molecule has 0 heterocycles. The first-order chi connectivity index (χ1) is 16.4. The van der Waals surface area contributed by atoms with Gasteiger partial charge < -0.3 is 18.9 Å². The standard InChI is InChI=1S/C27H26O7/c1-31-20-11-9-16(10-12-20)22-15-19-13-17-7-5-6-8-18(17)14-21(19)23(24(28)32-2)27(22,25(29)33-3)26(30)34-4/h5-14,22-23H,15H2,1-4H3/t22-,23-/m0/s1. The molecule has 0 aliphatic heterocycles. The third-order valence-corrected chi connectivity index (χ3v) is 6.75. The van der Waals surface area contributed by atoms with E-state index in [-0.39, 0.29) is 0 Å². The van der Waals surface area contributed by atoms with Crippen molar-refractivity contribution < 1.29 is 33.3 Å². The smallest absolute Gasteiger partial charge is 0.325 e. The maximum Gasteiger partial charge on any atom is 0.325 e. The summed E-state index contributed by atoms with van der Waals surface area (Å²) in [4.78, 5) is 40.4. The molecule has 0 unspecified atom stereocenters. The Morgan fingerprint density at radius 3 is 1.91 bits per heavy atom. The Morgan fingerprint density at radius 1 is 0.794 bits per heavy atom. The van der Waals surface area contributed by atoms with E-state index in [0.29, 0.717) is 23.3 Å². The Balaban J connectivity index is 2.08. The fraction of sp³-hybridized carbons (Fsp3) is 0.296. The van der Waals surface area contributed by atoms with Crippen LogP contribution in [0.3, 0.4) is 0 Å². The van der Waals surface area contributed by atoms with Crippen LogP contribution in [0.15, 0.2) is 60.7 Å². The van der Waals surface area contributed by atoms with Gasteiger partial charge in [0.05, 0.1) is 28.4 Å². The van der Waals surface area contributed by atoms with Crippen LogP contribution < -0.4 is 4.74 Å². The Hall–Kier alpha value is -3.87. The van der Waals surface area contributed by atoms with E-state index in [1.165, 1.54) is 21.3 Å². The molecule has 2 atom stereocenters. The van der Waals surface area contributed by atoms with Gasteiger partial charge in [-0.1, -0.05) is 42.5 Å². The van der Waals surface area contributed by atoms with Crippen LogP contribution in [0.25, 0.3) is 10.8 Å². The lowest BCUT2D eigenvalue weighted by molar-refractivity contribution is -0.179. The molecule has 0 bridgehead atoms. The highest BCUT2D eigenvalue weighted by Crippen LogP contribution is 2.56. The van der Waals surface area contributed by atoms with Crippen LogP contribution in [0, 0.1) is 5.41 Å². The largest absolute Gasteiger partial charge is 0.497 e. The number of esters is 3. The number of methoxy groups -OCH3 is 4.